The van der Waals surface area contributed by atoms with Crippen molar-refractivity contribution in [3.8, 4) is 0 Å². The molecule has 1 N–H and O–H groups in total. The topological polar surface area (TPSA) is 71.0 Å². The van der Waals surface area contributed by atoms with Crippen LogP contribution in [-0.4, -0.2) is 27.4 Å². The van der Waals surface area contributed by atoms with Gasteiger partial charge in [-0.15, -0.1) is 0 Å². The molecule has 3 heterocycles. The van der Waals surface area contributed by atoms with E-state index < -0.39 is 0 Å². The highest BCUT2D eigenvalue weighted by Crippen LogP contribution is 2.32. The van der Waals surface area contributed by atoms with Gasteiger partial charge in [-0.25, -0.2) is 9.97 Å². The predicted molar refractivity (Wildman–Crippen MR) is 99.2 cm³/mol. The molecule has 0 radical (unpaired) electrons. The monoisotopic (exact) mass is 345 g/mol. The van der Waals surface area contributed by atoms with Gasteiger partial charge in [-0.1, -0.05) is 18.2 Å². The molecule has 0 aliphatic carbocycles. The molecule has 6 nitrogen and oxygen atoms in total. The van der Waals surface area contributed by atoms with Crippen LogP contribution in [0.5, 0.6) is 0 Å². The van der Waals surface area contributed by atoms with Crippen LogP contribution in [0.3, 0.4) is 0 Å². The Hall–Kier alpha value is -3.28. The van der Waals surface area contributed by atoms with Gasteiger partial charge >= 0.3 is 0 Å². The van der Waals surface area contributed by atoms with Gasteiger partial charge in [-0.05, 0) is 42.2 Å². The molecule has 0 fully saturated rings. The van der Waals surface area contributed by atoms with Crippen LogP contribution in [0.2, 0.25) is 0 Å². The number of hydrogen-bond donors (Lipinski definition) is 1. The maximum Gasteiger partial charge on any atom is 0.270 e. The molecule has 6 heteroatoms. The second-order valence-corrected chi connectivity index (χ2v) is 6.18. The lowest BCUT2D eigenvalue weighted by atomic mass is 10.0. The van der Waals surface area contributed by atoms with Crippen molar-refractivity contribution in [2.45, 2.75) is 19.4 Å². The van der Waals surface area contributed by atoms with Crippen molar-refractivity contribution >= 4 is 17.4 Å². The van der Waals surface area contributed by atoms with E-state index in [0.29, 0.717) is 12.2 Å². The minimum Gasteiger partial charge on any atom is -0.347 e. The van der Waals surface area contributed by atoms with Crippen LogP contribution in [-0.2, 0) is 13.0 Å². The van der Waals surface area contributed by atoms with Gasteiger partial charge in [0.1, 0.15) is 17.8 Å². The molecule has 0 saturated carbocycles. The molecule has 0 unspecified atom stereocenters. The summed E-state index contributed by atoms with van der Waals surface area (Å²) in [6.45, 7) is 1.32. The van der Waals surface area contributed by atoms with E-state index in [1.54, 1.807) is 18.5 Å². The van der Waals surface area contributed by atoms with Crippen LogP contribution >= 0.6 is 0 Å². The van der Waals surface area contributed by atoms with Crippen molar-refractivity contribution in [3.63, 3.8) is 0 Å². The molecule has 4 rings (SSSR count). The number of fused-ring (bicyclic) bond motifs is 1. The number of benzene rings is 1. The van der Waals surface area contributed by atoms with Gasteiger partial charge in [0, 0.05) is 37.2 Å². The molecule has 0 atom stereocenters. The Morgan fingerprint density at radius 1 is 1.12 bits per heavy atom. The molecular formula is C20H19N5O. The molecular weight excluding hydrogens is 326 g/mol. The summed E-state index contributed by atoms with van der Waals surface area (Å²) in [6, 6.07) is 13.8. The standard InChI is InChI=1S/C20H19N5O/c26-20(22-13-15-7-9-21-10-8-15)17-12-19(24-14-23-17)25-11-3-5-16-4-1-2-6-18(16)25/h1-2,4,6-10,12,14H,3,5,11,13H2,(H,22,26). The van der Waals surface area contributed by atoms with Crippen LogP contribution in [0.25, 0.3) is 0 Å². The molecule has 0 bridgehead atoms. The highest BCUT2D eigenvalue weighted by atomic mass is 16.1. The molecule has 0 saturated heterocycles. The van der Waals surface area contributed by atoms with E-state index in [-0.39, 0.29) is 5.91 Å². The number of nitrogens with one attached hydrogen (secondary N) is 1. The lowest BCUT2D eigenvalue weighted by Gasteiger charge is -2.30. The largest absolute Gasteiger partial charge is 0.347 e. The van der Waals surface area contributed by atoms with Gasteiger partial charge in [-0.2, -0.15) is 0 Å². The third kappa shape index (κ3) is 3.39. The van der Waals surface area contributed by atoms with Crippen LogP contribution in [0.1, 0.15) is 28.0 Å². The van der Waals surface area contributed by atoms with Crippen molar-refractivity contribution in [2.24, 2.45) is 0 Å². The van der Waals surface area contributed by atoms with E-state index in [1.165, 1.54) is 11.9 Å². The van der Waals surface area contributed by atoms with E-state index in [4.69, 9.17) is 0 Å². The number of aryl methyl sites for hydroxylation is 1. The molecule has 1 aromatic carbocycles. The second-order valence-electron chi connectivity index (χ2n) is 6.18. The zero-order chi connectivity index (χ0) is 17.8. The quantitative estimate of drug-likeness (QED) is 0.787. The van der Waals surface area contributed by atoms with Gasteiger partial charge in [0.05, 0.1) is 0 Å². The zero-order valence-corrected chi connectivity index (χ0v) is 14.3. The molecule has 3 aromatic rings. The highest BCUT2D eigenvalue weighted by molar-refractivity contribution is 5.93. The molecule has 1 amide bonds. The second kappa shape index (κ2) is 7.31. The average Bonchev–Trinajstić information content (AvgIpc) is 2.72. The molecule has 130 valence electrons. The summed E-state index contributed by atoms with van der Waals surface area (Å²) in [6.07, 6.45) is 6.99. The normalized spacial score (nSPS) is 13.2. The fourth-order valence-electron chi connectivity index (χ4n) is 3.16. The Morgan fingerprint density at radius 3 is 2.85 bits per heavy atom. The first kappa shape index (κ1) is 16.2. The Kier molecular flexibility index (Phi) is 4.55. The summed E-state index contributed by atoms with van der Waals surface area (Å²) in [7, 11) is 0. The summed E-state index contributed by atoms with van der Waals surface area (Å²) >= 11 is 0. The lowest BCUT2D eigenvalue weighted by molar-refractivity contribution is 0.0945. The Morgan fingerprint density at radius 2 is 1.96 bits per heavy atom. The van der Waals surface area contributed by atoms with Crippen LogP contribution < -0.4 is 10.2 Å². The SMILES string of the molecule is O=C(NCc1ccncc1)c1cc(N2CCCc3ccccc32)ncn1. The van der Waals surface area contributed by atoms with E-state index in [2.05, 4.69) is 43.4 Å². The van der Waals surface area contributed by atoms with Crippen molar-refractivity contribution in [1.82, 2.24) is 20.3 Å². The third-order valence-corrected chi connectivity index (χ3v) is 4.47. The van der Waals surface area contributed by atoms with E-state index >= 15 is 0 Å². The maximum atomic E-state index is 12.5. The fraction of sp³-hybridized carbons (Fsp3) is 0.200. The number of para-hydroxylation sites is 1. The number of carbonyl (C=O) groups is 1. The molecule has 1 aliphatic heterocycles. The highest BCUT2D eigenvalue weighted by Gasteiger charge is 2.20. The Labute approximate surface area is 151 Å². The third-order valence-electron chi connectivity index (χ3n) is 4.47. The molecule has 2 aromatic heterocycles. The number of rotatable bonds is 4. The number of nitrogens with zero attached hydrogens (tertiary/aromatic N) is 4. The Balaban J connectivity index is 1.53. The summed E-state index contributed by atoms with van der Waals surface area (Å²) in [5.74, 6) is 0.539. The van der Waals surface area contributed by atoms with Crippen LogP contribution in [0, 0.1) is 0 Å². The molecule has 1 aliphatic rings. The first-order chi connectivity index (χ1) is 12.8. The number of amides is 1. The van der Waals surface area contributed by atoms with Crippen molar-refractivity contribution in [1.29, 1.82) is 0 Å². The number of hydrogen-bond acceptors (Lipinski definition) is 5. The number of pyridine rings is 1. The van der Waals surface area contributed by atoms with Gasteiger partial charge in [0.15, 0.2) is 0 Å². The van der Waals surface area contributed by atoms with Crippen LogP contribution in [0.4, 0.5) is 11.5 Å². The fourth-order valence-corrected chi connectivity index (χ4v) is 3.16. The van der Waals surface area contributed by atoms with E-state index in [1.807, 2.05) is 18.2 Å². The first-order valence-corrected chi connectivity index (χ1v) is 8.66. The summed E-state index contributed by atoms with van der Waals surface area (Å²) in [4.78, 5) is 27.1. The summed E-state index contributed by atoms with van der Waals surface area (Å²) in [5, 5.41) is 2.89. The number of aromatic nitrogens is 3. The minimum absolute atomic E-state index is 0.212. The smallest absolute Gasteiger partial charge is 0.270 e. The van der Waals surface area contributed by atoms with Gasteiger partial charge in [-0.3, -0.25) is 9.78 Å². The van der Waals surface area contributed by atoms with Gasteiger partial charge in [0.2, 0.25) is 0 Å². The lowest BCUT2D eigenvalue weighted by Crippen LogP contribution is -2.27. The van der Waals surface area contributed by atoms with Gasteiger partial charge in [0.25, 0.3) is 5.91 Å². The Bertz CT molecular complexity index is 913. The first-order valence-electron chi connectivity index (χ1n) is 8.66. The van der Waals surface area contributed by atoms with E-state index in [9.17, 15) is 4.79 Å². The maximum absolute atomic E-state index is 12.5. The minimum atomic E-state index is -0.212. The average molecular weight is 345 g/mol. The zero-order valence-electron chi connectivity index (χ0n) is 14.3. The summed E-state index contributed by atoms with van der Waals surface area (Å²) in [5.41, 5.74) is 3.82. The van der Waals surface area contributed by atoms with Crippen molar-refractivity contribution in [2.75, 3.05) is 11.4 Å². The van der Waals surface area contributed by atoms with Crippen molar-refractivity contribution < 1.29 is 4.79 Å². The number of carbonyl (C=O) groups excluding carboxylic acids is 1. The van der Waals surface area contributed by atoms with E-state index in [0.717, 1.165) is 36.5 Å². The van der Waals surface area contributed by atoms with Crippen LogP contribution in [0.15, 0.2) is 61.2 Å². The summed E-state index contributed by atoms with van der Waals surface area (Å²) < 4.78 is 0. The molecule has 26 heavy (non-hydrogen) atoms. The predicted octanol–water partition coefficient (Wildman–Crippen LogP) is 2.89. The van der Waals surface area contributed by atoms with Gasteiger partial charge < -0.3 is 10.2 Å². The number of anilines is 2. The molecule has 0 spiro atoms. The van der Waals surface area contributed by atoms with Crippen molar-refractivity contribution in [3.05, 3.63) is 78.0 Å².